The minimum atomic E-state index is 0. The Labute approximate surface area is 124 Å². The minimum Gasteiger partial charge on any atom is -0.346 e. The van der Waals surface area contributed by atoms with Gasteiger partial charge in [-0.3, -0.25) is 4.79 Å². The molecule has 0 radical (unpaired) electrons. The molecular formula is C15H31ClN2O. The van der Waals surface area contributed by atoms with E-state index >= 15 is 0 Å². The van der Waals surface area contributed by atoms with E-state index in [-0.39, 0.29) is 24.4 Å². The van der Waals surface area contributed by atoms with Crippen molar-refractivity contribution >= 4 is 18.3 Å². The zero-order valence-corrected chi connectivity index (χ0v) is 13.5. The number of hydrogen-bond acceptors (Lipinski definition) is 2. The van der Waals surface area contributed by atoms with Gasteiger partial charge < -0.3 is 10.6 Å². The summed E-state index contributed by atoms with van der Waals surface area (Å²) in [6, 6.07) is 0.204. The minimum absolute atomic E-state index is 0. The van der Waals surface area contributed by atoms with Crippen LogP contribution in [0.1, 0.15) is 58.8 Å². The van der Waals surface area contributed by atoms with Gasteiger partial charge in [0.25, 0.3) is 0 Å². The van der Waals surface area contributed by atoms with E-state index in [9.17, 15) is 4.79 Å². The highest BCUT2D eigenvalue weighted by atomic mass is 35.5. The lowest BCUT2D eigenvalue weighted by Crippen LogP contribution is -2.34. The first-order valence-corrected chi connectivity index (χ1v) is 7.50. The molecule has 0 aliphatic heterocycles. The summed E-state index contributed by atoms with van der Waals surface area (Å²) in [4.78, 5) is 13.8. The van der Waals surface area contributed by atoms with Crippen LogP contribution in [0.2, 0.25) is 0 Å². The number of nitrogens with two attached hydrogens (primary N) is 1. The maximum atomic E-state index is 12.0. The molecule has 0 aromatic rings. The van der Waals surface area contributed by atoms with Crippen molar-refractivity contribution in [3.05, 3.63) is 0 Å². The summed E-state index contributed by atoms with van der Waals surface area (Å²) in [7, 11) is 1.91. The number of nitrogens with zero attached hydrogens (tertiary/aromatic N) is 1. The van der Waals surface area contributed by atoms with Crippen molar-refractivity contribution < 1.29 is 4.79 Å². The second kappa shape index (κ2) is 9.60. The van der Waals surface area contributed by atoms with Gasteiger partial charge in [-0.05, 0) is 24.7 Å². The molecule has 1 rings (SSSR count). The molecule has 3 nitrogen and oxygen atoms in total. The Bertz CT molecular complexity index is 253. The standard InChI is InChI=1S/C15H30N2O.ClH/c1-12(2)14(16)10-11-17(3)15(18)9-8-13-6-4-5-7-13;/h12-14H,4-11,16H2,1-3H3;1H. The van der Waals surface area contributed by atoms with Gasteiger partial charge in [-0.15, -0.1) is 12.4 Å². The van der Waals surface area contributed by atoms with E-state index < -0.39 is 0 Å². The Kier molecular flexibility index (Phi) is 9.46. The normalized spacial score (nSPS) is 17.3. The summed E-state index contributed by atoms with van der Waals surface area (Å²) in [5, 5.41) is 0. The number of hydrogen-bond donors (Lipinski definition) is 1. The van der Waals surface area contributed by atoms with Crippen LogP contribution in [-0.2, 0) is 4.79 Å². The molecule has 0 saturated heterocycles. The van der Waals surface area contributed by atoms with E-state index in [2.05, 4.69) is 13.8 Å². The molecule has 0 aromatic heterocycles. The van der Waals surface area contributed by atoms with Gasteiger partial charge in [0.15, 0.2) is 0 Å². The van der Waals surface area contributed by atoms with Crippen molar-refractivity contribution in [3.63, 3.8) is 0 Å². The number of amides is 1. The monoisotopic (exact) mass is 290 g/mol. The molecular weight excluding hydrogens is 260 g/mol. The van der Waals surface area contributed by atoms with Gasteiger partial charge in [-0.2, -0.15) is 0 Å². The van der Waals surface area contributed by atoms with Gasteiger partial charge in [0, 0.05) is 26.1 Å². The lowest BCUT2D eigenvalue weighted by Gasteiger charge is -2.22. The van der Waals surface area contributed by atoms with Crippen LogP contribution in [0.4, 0.5) is 0 Å². The first kappa shape index (κ1) is 18.7. The van der Waals surface area contributed by atoms with Crippen molar-refractivity contribution in [1.29, 1.82) is 0 Å². The first-order valence-electron chi connectivity index (χ1n) is 7.50. The van der Waals surface area contributed by atoms with Crippen molar-refractivity contribution in [2.75, 3.05) is 13.6 Å². The Balaban J connectivity index is 0.00000324. The number of carbonyl (C=O) groups is 1. The Hall–Kier alpha value is -0.280. The van der Waals surface area contributed by atoms with Crippen LogP contribution in [0.15, 0.2) is 0 Å². The van der Waals surface area contributed by atoms with Crippen LogP contribution in [0.3, 0.4) is 0 Å². The average molecular weight is 291 g/mol. The molecule has 1 fully saturated rings. The molecule has 1 saturated carbocycles. The summed E-state index contributed by atoms with van der Waals surface area (Å²) < 4.78 is 0. The van der Waals surface area contributed by atoms with Gasteiger partial charge in [-0.1, -0.05) is 39.5 Å². The molecule has 114 valence electrons. The molecule has 0 aromatic carbocycles. The number of rotatable bonds is 7. The molecule has 0 spiro atoms. The fourth-order valence-corrected chi connectivity index (χ4v) is 2.62. The maximum absolute atomic E-state index is 12.0. The lowest BCUT2D eigenvalue weighted by molar-refractivity contribution is -0.130. The summed E-state index contributed by atoms with van der Waals surface area (Å²) in [5.74, 6) is 1.59. The highest BCUT2D eigenvalue weighted by Crippen LogP contribution is 2.28. The van der Waals surface area contributed by atoms with Crippen LogP contribution in [-0.4, -0.2) is 30.4 Å². The Morgan fingerprint density at radius 1 is 1.32 bits per heavy atom. The zero-order valence-electron chi connectivity index (χ0n) is 12.7. The fraction of sp³-hybridized carbons (Fsp3) is 0.933. The van der Waals surface area contributed by atoms with E-state index in [0.29, 0.717) is 5.92 Å². The maximum Gasteiger partial charge on any atom is 0.222 e. The van der Waals surface area contributed by atoms with Crippen molar-refractivity contribution in [2.24, 2.45) is 17.6 Å². The van der Waals surface area contributed by atoms with Crippen molar-refractivity contribution in [2.45, 2.75) is 64.8 Å². The van der Waals surface area contributed by atoms with Crippen LogP contribution < -0.4 is 5.73 Å². The predicted octanol–water partition coefficient (Wildman–Crippen LogP) is 3.21. The third-order valence-electron chi connectivity index (χ3n) is 4.32. The molecule has 1 amide bonds. The van der Waals surface area contributed by atoms with E-state index in [0.717, 1.165) is 31.7 Å². The first-order chi connectivity index (χ1) is 8.50. The van der Waals surface area contributed by atoms with Gasteiger partial charge in [0.2, 0.25) is 5.91 Å². The number of carbonyl (C=O) groups excluding carboxylic acids is 1. The Morgan fingerprint density at radius 3 is 2.42 bits per heavy atom. The van der Waals surface area contributed by atoms with Crippen LogP contribution in [0.25, 0.3) is 0 Å². The third-order valence-corrected chi connectivity index (χ3v) is 4.32. The van der Waals surface area contributed by atoms with E-state index in [1.165, 1.54) is 25.7 Å². The van der Waals surface area contributed by atoms with Crippen LogP contribution >= 0.6 is 12.4 Å². The molecule has 19 heavy (non-hydrogen) atoms. The van der Waals surface area contributed by atoms with Crippen molar-refractivity contribution in [1.82, 2.24) is 4.90 Å². The van der Waals surface area contributed by atoms with Crippen molar-refractivity contribution in [3.8, 4) is 0 Å². The summed E-state index contributed by atoms with van der Waals surface area (Å²) >= 11 is 0. The second-order valence-electron chi connectivity index (χ2n) is 6.20. The molecule has 1 atom stereocenters. The lowest BCUT2D eigenvalue weighted by atomic mass is 10.0. The highest BCUT2D eigenvalue weighted by molar-refractivity contribution is 5.85. The molecule has 2 N–H and O–H groups in total. The average Bonchev–Trinajstić information content (AvgIpc) is 2.85. The Morgan fingerprint density at radius 2 is 1.89 bits per heavy atom. The molecule has 1 unspecified atom stereocenters. The summed E-state index contributed by atoms with van der Waals surface area (Å²) in [6.07, 6.45) is 8.08. The van der Waals surface area contributed by atoms with Gasteiger partial charge >= 0.3 is 0 Å². The van der Waals surface area contributed by atoms with E-state index in [1.54, 1.807) is 0 Å². The van der Waals surface area contributed by atoms with E-state index in [4.69, 9.17) is 5.73 Å². The van der Waals surface area contributed by atoms with Crippen LogP contribution in [0, 0.1) is 11.8 Å². The smallest absolute Gasteiger partial charge is 0.222 e. The summed E-state index contributed by atoms with van der Waals surface area (Å²) in [6.45, 7) is 5.06. The van der Waals surface area contributed by atoms with Gasteiger partial charge in [-0.25, -0.2) is 0 Å². The topological polar surface area (TPSA) is 46.3 Å². The molecule has 0 heterocycles. The SMILES string of the molecule is CC(C)C(N)CCN(C)C(=O)CCC1CCCC1.Cl. The van der Waals surface area contributed by atoms with Gasteiger partial charge in [0.05, 0.1) is 0 Å². The third kappa shape index (κ3) is 7.17. The number of halogens is 1. The molecule has 1 aliphatic rings. The van der Waals surface area contributed by atoms with Crippen LogP contribution in [0.5, 0.6) is 0 Å². The second-order valence-corrected chi connectivity index (χ2v) is 6.20. The molecule has 4 heteroatoms. The van der Waals surface area contributed by atoms with Gasteiger partial charge in [0.1, 0.15) is 0 Å². The summed E-state index contributed by atoms with van der Waals surface area (Å²) in [5.41, 5.74) is 6.00. The largest absolute Gasteiger partial charge is 0.346 e. The molecule has 0 bridgehead atoms. The zero-order chi connectivity index (χ0) is 13.5. The predicted molar refractivity (Wildman–Crippen MR) is 83.5 cm³/mol. The quantitative estimate of drug-likeness (QED) is 0.782. The highest BCUT2D eigenvalue weighted by Gasteiger charge is 2.18. The fourth-order valence-electron chi connectivity index (χ4n) is 2.62. The van der Waals surface area contributed by atoms with E-state index in [1.807, 2.05) is 11.9 Å². The molecule has 1 aliphatic carbocycles.